The minimum absolute atomic E-state index is 0.0164. The van der Waals surface area contributed by atoms with Gasteiger partial charge in [-0.15, -0.1) is 0 Å². The second-order valence-electron chi connectivity index (χ2n) is 4.68. The van der Waals surface area contributed by atoms with Crippen LogP contribution in [0, 0.1) is 33.5 Å². The summed E-state index contributed by atoms with van der Waals surface area (Å²) < 4.78 is 0. The summed E-state index contributed by atoms with van der Waals surface area (Å²) in [5.41, 5.74) is -2.37. The van der Waals surface area contributed by atoms with Gasteiger partial charge in [0.2, 0.25) is 0 Å². The summed E-state index contributed by atoms with van der Waals surface area (Å²) in [6.07, 6.45) is -0.423. The zero-order chi connectivity index (χ0) is 14.4. The van der Waals surface area contributed by atoms with Crippen molar-refractivity contribution < 1.29 is 19.8 Å². The maximum absolute atomic E-state index is 10.6. The van der Waals surface area contributed by atoms with Crippen LogP contribution in [0.1, 0.15) is 39.5 Å². The van der Waals surface area contributed by atoms with Crippen LogP contribution in [-0.2, 0) is 9.59 Å². The van der Waals surface area contributed by atoms with E-state index < -0.39 is 22.8 Å². The normalized spacial score (nSPS) is 16.7. The minimum atomic E-state index is -1.18. The fourth-order valence-corrected chi connectivity index (χ4v) is 1.62. The van der Waals surface area contributed by atoms with Crippen LogP contribution in [-0.4, -0.2) is 22.2 Å². The summed E-state index contributed by atoms with van der Waals surface area (Å²) in [7, 11) is 0. The van der Waals surface area contributed by atoms with E-state index in [-0.39, 0.29) is 25.7 Å². The van der Waals surface area contributed by atoms with Gasteiger partial charge in [0.1, 0.15) is 0 Å². The molecule has 0 spiro atoms. The SMILES string of the molecule is CC(C#N)(CCC(=O)O)C(C)(C#N)CCC(=O)O. The zero-order valence-corrected chi connectivity index (χ0v) is 10.4. The number of carbonyl (C=O) groups is 2. The molecule has 0 aliphatic rings. The van der Waals surface area contributed by atoms with Crippen molar-refractivity contribution in [3.8, 4) is 12.1 Å². The predicted octanol–water partition coefficient (Wildman–Crippen LogP) is 1.78. The average molecular weight is 252 g/mol. The second-order valence-corrected chi connectivity index (χ2v) is 4.68. The van der Waals surface area contributed by atoms with Gasteiger partial charge in [-0.25, -0.2) is 0 Å². The van der Waals surface area contributed by atoms with E-state index in [0.717, 1.165) is 0 Å². The monoisotopic (exact) mass is 252 g/mol. The van der Waals surface area contributed by atoms with E-state index in [2.05, 4.69) is 0 Å². The first-order valence-electron chi connectivity index (χ1n) is 5.47. The molecule has 0 radical (unpaired) electrons. The Labute approximate surface area is 105 Å². The third kappa shape index (κ3) is 3.74. The molecule has 0 aliphatic heterocycles. The topological polar surface area (TPSA) is 122 Å². The Morgan fingerprint density at radius 3 is 1.39 bits per heavy atom. The molecule has 2 atom stereocenters. The molecule has 0 saturated heterocycles. The van der Waals surface area contributed by atoms with Crippen LogP contribution in [0.3, 0.4) is 0 Å². The number of carboxylic acids is 2. The molecule has 0 aromatic rings. The summed E-state index contributed by atoms with van der Waals surface area (Å²) in [5, 5.41) is 35.7. The molecule has 0 saturated carbocycles. The van der Waals surface area contributed by atoms with E-state index in [4.69, 9.17) is 10.2 Å². The summed E-state index contributed by atoms with van der Waals surface area (Å²) in [5.74, 6) is -2.09. The molecule has 0 bridgehead atoms. The van der Waals surface area contributed by atoms with Gasteiger partial charge in [0, 0.05) is 12.8 Å². The first kappa shape index (κ1) is 15.9. The van der Waals surface area contributed by atoms with Crippen molar-refractivity contribution in [3.63, 3.8) is 0 Å². The van der Waals surface area contributed by atoms with E-state index in [9.17, 15) is 20.1 Å². The van der Waals surface area contributed by atoms with Gasteiger partial charge in [-0.05, 0) is 26.7 Å². The number of aliphatic carboxylic acids is 2. The number of hydrogen-bond donors (Lipinski definition) is 2. The highest BCUT2D eigenvalue weighted by molar-refractivity contribution is 5.67. The van der Waals surface area contributed by atoms with E-state index in [1.807, 2.05) is 12.1 Å². The molecule has 18 heavy (non-hydrogen) atoms. The Hall–Kier alpha value is -2.08. The van der Waals surface area contributed by atoms with Gasteiger partial charge in [0.05, 0.1) is 23.0 Å². The summed E-state index contributed by atoms with van der Waals surface area (Å²) in [6, 6.07) is 3.94. The smallest absolute Gasteiger partial charge is 0.303 e. The van der Waals surface area contributed by atoms with Crippen molar-refractivity contribution >= 4 is 11.9 Å². The molecule has 0 aliphatic carbocycles. The third-order valence-corrected chi connectivity index (χ3v) is 3.39. The Balaban J connectivity index is 5.07. The van der Waals surface area contributed by atoms with Crippen molar-refractivity contribution in [2.45, 2.75) is 39.5 Å². The average Bonchev–Trinajstić information content (AvgIpc) is 2.32. The number of nitriles is 2. The van der Waals surface area contributed by atoms with Crippen LogP contribution in [0.4, 0.5) is 0 Å². The zero-order valence-electron chi connectivity index (χ0n) is 10.4. The Morgan fingerprint density at radius 2 is 1.22 bits per heavy atom. The molecular formula is C12H16N2O4. The quantitative estimate of drug-likeness (QED) is 0.711. The molecule has 6 heteroatoms. The largest absolute Gasteiger partial charge is 0.481 e. The summed E-state index contributed by atoms with van der Waals surface area (Å²) in [4.78, 5) is 21.1. The lowest BCUT2D eigenvalue weighted by Crippen LogP contribution is -2.36. The van der Waals surface area contributed by atoms with Gasteiger partial charge in [0.25, 0.3) is 0 Å². The van der Waals surface area contributed by atoms with Gasteiger partial charge >= 0.3 is 11.9 Å². The molecule has 0 fully saturated rings. The second kappa shape index (κ2) is 6.02. The van der Waals surface area contributed by atoms with Crippen LogP contribution < -0.4 is 0 Å². The van der Waals surface area contributed by atoms with Gasteiger partial charge in [-0.2, -0.15) is 10.5 Å². The van der Waals surface area contributed by atoms with Crippen molar-refractivity contribution in [1.29, 1.82) is 10.5 Å². The fourth-order valence-electron chi connectivity index (χ4n) is 1.62. The van der Waals surface area contributed by atoms with Crippen LogP contribution >= 0.6 is 0 Å². The van der Waals surface area contributed by atoms with Gasteiger partial charge in [-0.3, -0.25) is 9.59 Å². The van der Waals surface area contributed by atoms with Crippen LogP contribution in [0.5, 0.6) is 0 Å². The molecule has 2 N–H and O–H groups in total. The lowest BCUT2D eigenvalue weighted by atomic mass is 9.63. The van der Waals surface area contributed by atoms with Gasteiger partial charge in [-0.1, -0.05) is 0 Å². The maximum Gasteiger partial charge on any atom is 0.303 e. The Kier molecular flexibility index (Phi) is 5.32. The highest BCUT2D eigenvalue weighted by Crippen LogP contribution is 2.45. The summed E-state index contributed by atoms with van der Waals surface area (Å²) >= 11 is 0. The number of hydrogen-bond acceptors (Lipinski definition) is 4. The fraction of sp³-hybridized carbons (Fsp3) is 0.667. The molecule has 0 aromatic heterocycles. The first-order chi connectivity index (χ1) is 8.20. The Bertz CT molecular complexity index is 381. The van der Waals surface area contributed by atoms with Crippen molar-refractivity contribution in [2.75, 3.05) is 0 Å². The predicted molar refractivity (Wildman–Crippen MR) is 61.2 cm³/mol. The molecule has 0 rings (SSSR count). The third-order valence-electron chi connectivity index (χ3n) is 3.39. The molecule has 6 nitrogen and oxygen atoms in total. The van der Waals surface area contributed by atoms with Crippen LogP contribution in [0.15, 0.2) is 0 Å². The molecule has 98 valence electrons. The van der Waals surface area contributed by atoms with E-state index in [0.29, 0.717) is 0 Å². The van der Waals surface area contributed by atoms with Crippen molar-refractivity contribution in [3.05, 3.63) is 0 Å². The van der Waals surface area contributed by atoms with Gasteiger partial charge < -0.3 is 10.2 Å². The summed E-state index contributed by atoms with van der Waals surface area (Å²) in [6.45, 7) is 3.00. The molecule has 0 heterocycles. The number of rotatable bonds is 7. The highest BCUT2D eigenvalue weighted by Gasteiger charge is 2.45. The number of carboxylic acid groups (broad SMARTS) is 2. The maximum atomic E-state index is 10.6. The Morgan fingerprint density at radius 1 is 0.944 bits per heavy atom. The molecular weight excluding hydrogens is 236 g/mol. The van der Waals surface area contributed by atoms with Crippen molar-refractivity contribution in [2.24, 2.45) is 10.8 Å². The molecule has 2 unspecified atom stereocenters. The van der Waals surface area contributed by atoms with Crippen LogP contribution in [0.2, 0.25) is 0 Å². The van der Waals surface area contributed by atoms with E-state index >= 15 is 0 Å². The van der Waals surface area contributed by atoms with E-state index in [1.54, 1.807) is 0 Å². The molecule has 0 amide bonds. The molecule has 0 aromatic carbocycles. The lowest BCUT2D eigenvalue weighted by molar-refractivity contribution is -0.139. The standard InChI is InChI=1S/C12H16N2O4/c1-11(7-13,5-3-9(15)16)12(2,8-14)6-4-10(17)18/h3-6H2,1-2H3,(H,15,16)(H,17,18). The van der Waals surface area contributed by atoms with Crippen molar-refractivity contribution in [1.82, 2.24) is 0 Å². The first-order valence-corrected chi connectivity index (χ1v) is 5.47. The number of nitrogens with zero attached hydrogens (tertiary/aromatic N) is 2. The van der Waals surface area contributed by atoms with Gasteiger partial charge in [0.15, 0.2) is 0 Å². The lowest BCUT2D eigenvalue weighted by Gasteiger charge is -2.35. The highest BCUT2D eigenvalue weighted by atomic mass is 16.4. The minimum Gasteiger partial charge on any atom is -0.481 e. The van der Waals surface area contributed by atoms with E-state index in [1.165, 1.54) is 13.8 Å². The van der Waals surface area contributed by atoms with Crippen LogP contribution in [0.25, 0.3) is 0 Å².